The zero-order valence-electron chi connectivity index (χ0n) is 14.8. The lowest BCUT2D eigenvalue weighted by atomic mass is 10.0. The number of aromatic amines is 1. The minimum Gasteiger partial charge on any atom is -0.381 e. The highest BCUT2D eigenvalue weighted by molar-refractivity contribution is 5.92. The molecule has 134 valence electrons. The molecule has 0 aliphatic carbocycles. The topological polar surface area (TPSA) is 73.1 Å². The van der Waals surface area contributed by atoms with Gasteiger partial charge in [0.1, 0.15) is 0 Å². The van der Waals surface area contributed by atoms with E-state index in [1.54, 1.807) is 6.92 Å². The molecule has 0 radical (unpaired) electrons. The van der Waals surface area contributed by atoms with Crippen LogP contribution < -0.4 is 15.5 Å². The van der Waals surface area contributed by atoms with Gasteiger partial charge in [0.15, 0.2) is 0 Å². The number of rotatable bonds is 4. The summed E-state index contributed by atoms with van der Waals surface area (Å²) >= 11 is 0. The monoisotopic (exact) mass is 349 g/mol. The third kappa shape index (κ3) is 3.49. The summed E-state index contributed by atoms with van der Waals surface area (Å²) in [6.07, 6.45) is 4.08. The number of amides is 1. The second-order valence-corrected chi connectivity index (χ2v) is 6.80. The smallest absolute Gasteiger partial charge is 0.221 e. The molecule has 3 N–H and O–H groups in total. The molecule has 26 heavy (non-hydrogen) atoms. The maximum absolute atomic E-state index is 11.5. The molecule has 1 saturated heterocycles. The molecule has 1 aromatic heterocycles. The fourth-order valence-corrected chi connectivity index (χ4v) is 3.63. The molecule has 1 aliphatic heterocycles. The molecule has 1 unspecified atom stereocenters. The van der Waals surface area contributed by atoms with E-state index >= 15 is 0 Å². The highest BCUT2D eigenvalue weighted by Gasteiger charge is 2.22. The van der Waals surface area contributed by atoms with Crippen molar-refractivity contribution in [1.82, 2.24) is 10.2 Å². The minimum atomic E-state index is -0.0439. The van der Waals surface area contributed by atoms with Gasteiger partial charge in [-0.25, -0.2) is 0 Å². The second kappa shape index (κ2) is 7.07. The number of fused-ring (bicyclic) bond motifs is 1. The van der Waals surface area contributed by atoms with E-state index in [1.165, 1.54) is 0 Å². The summed E-state index contributed by atoms with van der Waals surface area (Å²) in [6.45, 7) is 3.44. The van der Waals surface area contributed by atoms with E-state index in [4.69, 9.17) is 0 Å². The maximum atomic E-state index is 11.5. The number of carbonyl (C=O) groups excluding carboxylic acids is 1. The van der Waals surface area contributed by atoms with Crippen LogP contribution in [0.2, 0.25) is 0 Å². The molecular formula is C20H23N5O. The number of hydrogen-bond donors (Lipinski definition) is 3. The molecule has 1 aliphatic rings. The predicted octanol–water partition coefficient (Wildman–Crippen LogP) is 3.60. The van der Waals surface area contributed by atoms with Gasteiger partial charge in [-0.15, -0.1) is 0 Å². The quantitative estimate of drug-likeness (QED) is 0.673. The van der Waals surface area contributed by atoms with Gasteiger partial charge < -0.3 is 15.5 Å². The highest BCUT2D eigenvalue weighted by Crippen LogP contribution is 2.29. The van der Waals surface area contributed by atoms with E-state index in [-0.39, 0.29) is 5.91 Å². The number of H-pyrrole nitrogens is 1. The molecule has 2 aromatic carbocycles. The normalized spacial score (nSPS) is 17.3. The van der Waals surface area contributed by atoms with Gasteiger partial charge >= 0.3 is 0 Å². The molecule has 0 bridgehead atoms. The number of benzene rings is 2. The molecule has 4 rings (SSSR count). The Bertz CT molecular complexity index is 919. The van der Waals surface area contributed by atoms with Gasteiger partial charge in [0.05, 0.1) is 23.1 Å². The Kier molecular flexibility index (Phi) is 4.48. The number of piperidine rings is 1. The maximum Gasteiger partial charge on any atom is 0.221 e. The van der Waals surface area contributed by atoms with Gasteiger partial charge in [0.25, 0.3) is 0 Å². The minimum absolute atomic E-state index is 0.0439. The Morgan fingerprint density at radius 2 is 2.15 bits per heavy atom. The zero-order valence-corrected chi connectivity index (χ0v) is 14.8. The third-order valence-corrected chi connectivity index (χ3v) is 4.79. The first-order valence-corrected chi connectivity index (χ1v) is 9.00. The van der Waals surface area contributed by atoms with Gasteiger partial charge in [-0.05, 0) is 43.2 Å². The third-order valence-electron chi connectivity index (χ3n) is 4.79. The molecular weight excluding hydrogens is 326 g/mol. The van der Waals surface area contributed by atoms with Gasteiger partial charge in [0, 0.05) is 37.1 Å². The standard InChI is InChI=1S/C20H23N5O/c1-14(26)22-19-6-2-3-7-20(19)25-10-4-5-17(13-25)23-16-8-9-18-15(11-16)12-21-24-18/h2-3,6-9,11-12,17,23H,4-5,10,13H2,1H3,(H,21,24)(H,22,26). The van der Waals surface area contributed by atoms with Gasteiger partial charge in [-0.1, -0.05) is 12.1 Å². The van der Waals surface area contributed by atoms with Crippen molar-refractivity contribution in [3.63, 3.8) is 0 Å². The van der Waals surface area contributed by atoms with E-state index in [2.05, 4.69) is 50.0 Å². The van der Waals surface area contributed by atoms with Crippen molar-refractivity contribution < 1.29 is 4.79 Å². The van der Waals surface area contributed by atoms with Crippen molar-refractivity contribution in [2.75, 3.05) is 28.6 Å². The van der Waals surface area contributed by atoms with E-state index < -0.39 is 0 Å². The summed E-state index contributed by atoms with van der Waals surface area (Å²) < 4.78 is 0. The Labute approximate surface area is 152 Å². The summed E-state index contributed by atoms with van der Waals surface area (Å²) in [5.74, 6) is -0.0439. The van der Waals surface area contributed by atoms with Crippen molar-refractivity contribution in [2.24, 2.45) is 0 Å². The van der Waals surface area contributed by atoms with Crippen molar-refractivity contribution >= 4 is 33.9 Å². The van der Waals surface area contributed by atoms with Crippen LogP contribution in [0.5, 0.6) is 0 Å². The lowest BCUT2D eigenvalue weighted by molar-refractivity contribution is -0.114. The van der Waals surface area contributed by atoms with Gasteiger partial charge in [-0.2, -0.15) is 5.10 Å². The van der Waals surface area contributed by atoms with Crippen LogP contribution >= 0.6 is 0 Å². The number of hydrogen-bond acceptors (Lipinski definition) is 4. The van der Waals surface area contributed by atoms with Crippen LogP contribution in [0.1, 0.15) is 19.8 Å². The molecule has 6 heteroatoms. The fraction of sp³-hybridized carbons (Fsp3) is 0.300. The summed E-state index contributed by atoms with van der Waals surface area (Å²) in [5, 5.41) is 14.8. The molecule has 1 amide bonds. The average molecular weight is 349 g/mol. The molecule has 6 nitrogen and oxygen atoms in total. The SMILES string of the molecule is CC(=O)Nc1ccccc1N1CCCC(Nc2ccc3[nH]ncc3c2)C1. The van der Waals surface area contributed by atoms with E-state index in [0.717, 1.165) is 53.9 Å². The lowest BCUT2D eigenvalue weighted by Crippen LogP contribution is -2.42. The van der Waals surface area contributed by atoms with Crippen LogP contribution in [-0.2, 0) is 4.79 Å². The average Bonchev–Trinajstić information content (AvgIpc) is 3.10. The first-order valence-electron chi connectivity index (χ1n) is 9.00. The van der Waals surface area contributed by atoms with E-state index in [9.17, 15) is 4.79 Å². The van der Waals surface area contributed by atoms with Crippen molar-refractivity contribution in [2.45, 2.75) is 25.8 Å². The summed E-state index contributed by atoms with van der Waals surface area (Å²) in [4.78, 5) is 13.8. The van der Waals surface area contributed by atoms with Crippen LogP contribution in [0.3, 0.4) is 0 Å². The number of nitrogens with zero attached hydrogens (tertiary/aromatic N) is 2. The number of aromatic nitrogens is 2. The molecule has 3 aromatic rings. The second-order valence-electron chi connectivity index (χ2n) is 6.80. The first-order chi connectivity index (χ1) is 12.7. The Balaban J connectivity index is 1.50. The van der Waals surface area contributed by atoms with Crippen LogP contribution in [0, 0.1) is 0 Å². The fourth-order valence-electron chi connectivity index (χ4n) is 3.63. The van der Waals surface area contributed by atoms with E-state index in [1.807, 2.05) is 24.4 Å². The van der Waals surface area contributed by atoms with E-state index in [0.29, 0.717) is 6.04 Å². The molecule has 0 spiro atoms. The lowest BCUT2D eigenvalue weighted by Gasteiger charge is -2.36. The molecule has 0 saturated carbocycles. The zero-order chi connectivity index (χ0) is 17.9. The number of anilines is 3. The molecule has 2 heterocycles. The summed E-state index contributed by atoms with van der Waals surface area (Å²) in [7, 11) is 0. The number of carbonyl (C=O) groups is 1. The van der Waals surface area contributed by atoms with Gasteiger partial charge in [0.2, 0.25) is 5.91 Å². The number of para-hydroxylation sites is 2. The van der Waals surface area contributed by atoms with Crippen molar-refractivity contribution in [3.05, 3.63) is 48.7 Å². The predicted molar refractivity (Wildman–Crippen MR) is 106 cm³/mol. The first kappa shape index (κ1) is 16.4. The summed E-state index contributed by atoms with van der Waals surface area (Å²) in [6, 6.07) is 14.6. The van der Waals surface area contributed by atoms with Crippen LogP contribution in [0.15, 0.2) is 48.7 Å². The van der Waals surface area contributed by atoms with Crippen LogP contribution in [0.4, 0.5) is 17.1 Å². The highest BCUT2D eigenvalue weighted by atomic mass is 16.1. The largest absolute Gasteiger partial charge is 0.381 e. The van der Waals surface area contributed by atoms with Crippen molar-refractivity contribution in [3.8, 4) is 0 Å². The Morgan fingerprint density at radius 1 is 1.27 bits per heavy atom. The Hall–Kier alpha value is -3.02. The van der Waals surface area contributed by atoms with Crippen molar-refractivity contribution in [1.29, 1.82) is 0 Å². The molecule has 1 fully saturated rings. The van der Waals surface area contributed by atoms with Crippen LogP contribution in [0.25, 0.3) is 10.9 Å². The van der Waals surface area contributed by atoms with Gasteiger partial charge in [-0.3, -0.25) is 9.89 Å². The van der Waals surface area contributed by atoms with Crippen LogP contribution in [-0.4, -0.2) is 35.2 Å². The number of nitrogens with one attached hydrogen (secondary N) is 3. The Morgan fingerprint density at radius 3 is 3.04 bits per heavy atom. The summed E-state index contributed by atoms with van der Waals surface area (Å²) in [5.41, 5.74) is 4.12. The molecule has 1 atom stereocenters.